The lowest BCUT2D eigenvalue weighted by molar-refractivity contribution is 0.0939. The minimum absolute atomic E-state index is 0.152. The highest BCUT2D eigenvalue weighted by Gasteiger charge is 2.24. The molecule has 1 atom stereocenters. The molecule has 2 aromatic carbocycles. The summed E-state index contributed by atoms with van der Waals surface area (Å²) >= 11 is 0. The number of carbonyl (C=O) groups is 1. The van der Waals surface area contributed by atoms with E-state index in [1.807, 2.05) is 37.3 Å². The van der Waals surface area contributed by atoms with E-state index in [-0.39, 0.29) is 11.9 Å². The van der Waals surface area contributed by atoms with E-state index >= 15 is 0 Å². The van der Waals surface area contributed by atoms with Crippen LogP contribution in [0.3, 0.4) is 0 Å². The minimum atomic E-state index is -0.248. The monoisotopic (exact) mass is 366 g/mol. The predicted octanol–water partition coefficient (Wildman–Crippen LogP) is 4.16. The molecule has 1 unspecified atom stereocenters. The Bertz CT molecular complexity index is 912. The van der Waals surface area contributed by atoms with E-state index in [9.17, 15) is 4.79 Å². The summed E-state index contributed by atoms with van der Waals surface area (Å²) < 4.78 is 16.1. The molecule has 1 heterocycles. The zero-order chi connectivity index (χ0) is 19.4. The Morgan fingerprint density at radius 1 is 1.07 bits per heavy atom. The van der Waals surface area contributed by atoms with E-state index in [2.05, 4.69) is 10.5 Å². The van der Waals surface area contributed by atoms with Gasteiger partial charge in [0.2, 0.25) is 0 Å². The topological polar surface area (TPSA) is 73.6 Å². The normalized spacial score (nSPS) is 11.7. The van der Waals surface area contributed by atoms with Gasteiger partial charge in [-0.3, -0.25) is 4.79 Å². The summed E-state index contributed by atoms with van der Waals surface area (Å²) in [5.74, 6) is 1.33. The molecule has 3 aromatic rings. The first-order valence-corrected chi connectivity index (χ1v) is 8.59. The predicted molar refractivity (Wildman–Crippen MR) is 102 cm³/mol. The molecule has 0 aliphatic carbocycles. The van der Waals surface area contributed by atoms with Crippen molar-refractivity contribution < 1.29 is 18.8 Å². The Labute approximate surface area is 158 Å². The van der Waals surface area contributed by atoms with Crippen LogP contribution in [0.4, 0.5) is 0 Å². The van der Waals surface area contributed by atoms with Gasteiger partial charge in [0.1, 0.15) is 17.1 Å². The maximum Gasteiger partial charge on any atom is 0.257 e. The third-order valence-electron chi connectivity index (χ3n) is 4.35. The standard InChI is InChI=1S/C21H22N2O4/c1-13(15-8-6-5-7-9-15)22-21(24)19-14(2)23-27-20(19)16-10-17(25-3)12-18(11-16)26-4/h5-13H,1-4H3,(H,22,24). The van der Waals surface area contributed by atoms with Crippen LogP contribution in [0.25, 0.3) is 11.3 Å². The van der Waals surface area contributed by atoms with Crippen molar-refractivity contribution in [3.63, 3.8) is 0 Å². The van der Waals surface area contributed by atoms with Gasteiger partial charge in [-0.15, -0.1) is 0 Å². The Morgan fingerprint density at radius 2 is 1.70 bits per heavy atom. The molecule has 0 aliphatic heterocycles. The molecule has 6 nitrogen and oxygen atoms in total. The van der Waals surface area contributed by atoms with Crippen molar-refractivity contribution in [2.45, 2.75) is 19.9 Å². The molecule has 1 N–H and O–H groups in total. The lowest BCUT2D eigenvalue weighted by atomic mass is 10.0. The molecule has 6 heteroatoms. The Hall–Kier alpha value is -3.28. The number of amides is 1. The fourth-order valence-electron chi connectivity index (χ4n) is 2.87. The first-order valence-electron chi connectivity index (χ1n) is 8.59. The summed E-state index contributed by atoms with van der Waals surface area (Å²) in [5, 5.41) is 6.99. The second-order valence-corrected chi connectivity index (χ2v) is 6.18. The number of hydrogen-bond donors (Lipinski definition) is 1. The van der Waals surface area contributed by atoms with Gasteiger partial charge in [0.25, 0.3) is 5.91 Å². The SMILES string of the molecule is COc1cc(OC)cc(-c2onc(C)c2C(=O)NC(C)c2ccccc2)c1. The molecule has 0 saturated heterocycles. The highest BCUT2D eigenvalue weighted by atomic mass is 16.5. The highest BCUT2D eigenvalue weighted by Crippen LogP contribution is 2.33. The van der Waals surface area contributed by atoms with Gasteiger partial charge in [-0.2, -0.15) is 0 Å². The van der Waals surface area contributed by atoms with Gasteiger partial charge < -0.3 is 19.3 Å². The van der Waals surface area contributed by atoms with Crippen molar-refractivity contribution in [3.05, 3.63) is 65.4 Å². The molecule has 0 saturated carbocycles. The number of rotatable bonds is 6. The number of nitrogens with one attached hydrogen (secondary N) is 1. The first kappa shape index (κ1) is 18.5. The van der Waals surface area contributed by atoms with Crippen molar-refractivity contribution in [1.82, 2.24) is 10.5 Å². The van der Waals surface area contributed by atoms with Gasteiger partial charge in [-0.25, -0.2) is 0 Å². The van der Waals surface area contributed by atoms with Gasteiger partial charge in [-0.05, 0) is 31.5 Å². The highest BCUT2D eigenvalue weighted by molar-refractivity contribution is 6.00. The van der Waals surface area contributed by atoms with E-state index < -0.39 is 0 Å². The summed E-state index contributed by atoms with van der Waals surface area (Å²) in [7, 11) is 3.14. The van der Waals surface area contributed by atoms with Crippen molar-refractivity contribution >= 4 is 5.91 Å². The summed E-state index contributed by atoms with van der Waals surface area (Å²) in [6, 6.07) is 14.9. The van der Waals surface area contributed by atoms with Gasteiger partial charge in [0.05, 0.1) is 26.0 Å². The largest absolute Gasteiger partial charge is 0.497 e. The fourth-order valence-corrected chi connectivity index (χ4v) is 2.87. The van der Waals surface area contributed by atoms with Gasteiger partial charge in [-0.1, -0.05) is 35.5 Å². The molecule has 1 aromatic heterocycles. The van der Waals surface area contributed by atoms with Crippen LogP contribution in [0, 0.1) is 6.92 Å². The van der Waals surface area contributed by atoms with E-state index in [1.165, 1.54) is 0 Å². The second kappa shape index (κ2) is 7.95. The maximum atomic E-state index is 12.9. The zero-order valence-electron chi connectivity index (χ0n) is 15.8. The summed E-state index contributed by atoms with van der Waals surface area (Å²) in [5.41, 5.74) is 2.59. The maximum absolute atomic E-state index is 12.9. The molecule has 1 amide bonds. The average Bonchev–Trinajstić information content (AvgIpc) is 3.09. The number of methoxy groups -OCH3 is 2. The Kier molecular flexibility index (Phi) is 5.45. The number of aryl methyl sites for hydroxylation is 1. The third kappa shape index (κ3) is 3.95. The zero-order valence-corrected chi connectivity index (χ0v) is 15.8. The third-order valence-corrected chi connectivity index (χ3v) is 4.35. The lowest BCUT2D eigenvalue weighted by Gasteiger charge is -2.14. The van der Waals surface area contributed by atoms with Crippen molar-refractivity contribution in [3.8, 4) is 22.8 Å². The van der Waals surface area contributed by atoms with Crippen LogP contribution in [0.15, 0.2) is 53.1 Å². The molecular formula is C21H22N2O4. The molecule has 3 rings (SSSR count). The van der Waals surface area contributed by atoms with Gasteiger partial charge in [0.15, 0.2) is 5.76 Å². The summed E-state index contributed by atoms with van der Waals surface area (Å²) in [6.45, 7) is 3.68. The first-order chi connectivity index (χ1) is 13.0. The molecule has 0 spiro atoms. The van der Waals surface area contributed by atoms with Crippen molar-refractivity contribution in [1.29, 1.82) is 0 Å². The Morgan fingerprint density at radius 3 is 2.30 bits per heavy atom. The molecule has 0 fully saturated rings. The van der Waals surface area contributed by atoms with E-state index in [0.717, 1.165) is 5.56 Å². The number of carbonyl (C=O) groups excluding carboxylic acids is 1. The van der Waals surface area contributed by atoms with E-state index in [1.54, 1.807) is 39.3 Å². The van der Waals surface area contributed by atoms with Crippen LogP contribution < -0.4 is 14.8 Å². The Balaban J connectivity index is 1.94. The molecular weight excluding hydrogens is 344 g/mol. The number of hydrogen-bond acceptors (Lipinski definition) is 5. The van der Waals surface area contributed by atoms with Crippen LogP contribution in [-0.2, 0) is 0 Å². The number of ether oxygens (including phenoxy) is 2. The fraction of sp³-hybridized carbons (Fsp3) is 0.238. The molecule has 0 radical (unpaired) electrons. The molecule has 140 valence electrons. The average molecular weight is 366 g/mol. The van der Waals surface area contributed by atoms with Crippen molar-refractivity contribution in [2.24, 2.45) is 0 Å². The number of aromatic nitrogens is 1. The van der Waals surface area contributed by atoms with Crippen LogP contribution in [0.1, 0.15) is 34.6 Å². The number of nitrogens with zero attached hydrogens (tertiary/aromatic N) is 1. The summed E-state index contributed by atoms with van der Waals surface area (Å²) in [4.78, 5) is 12.9. The smallest absolute Gasteiger partial charge is 0.257 e. The van der Waals surface area contributed by atoms with Crippen LogP contribution in [-0.4, -0.2) is 25.3 Å². The second-order valence-electron chi connectivity index (χ2n) is 6.18. The van der Waals surface area contributed by atoms with Gasteiger partial charge >= 0.3 is 0 Å². The minimum Gasteiger partial charge on any atom is -0.497 e. The summed E-state index contributed by atoms with van der Waals surface area (Å²) in [6.07, 6.45) is 0. The van der Waals surface area contributed by atoms with Gasteiger partial charge in [0, 0.05) is 11.6 Å². The van der Waals surface area contributed by atoms with Crippen LogP contribution in [0.2, 0.25) is 0 Å². The van der Waals surface area contributed by atoms with Crippen LogP contribution >= 0.6 is 0 Å². The number of benzene rings is 2. The molecule has 0 aliphatic rings. The van der Waals surface area contributed by atoms with Crippen LogP contribution in [0.5, 0.6) is 11.5 Å². The van der Waals surface area contributed by atoms with E-state index in [4.69, 9.17) is 14.0 Å². The van der Waals surface area contributed by atoms with E-state index in [0.29, 0.717) is 34.1 Å². The molecule has 27 heavy (non-hydrogen) atoms. The lowest BCUT2D eigenvalue weighted by Crippen LogP contribution is -2.27. The van der Waals surface area contributed by atoms with Crippen molar-refractivity contribution in [2.75, 3.05) is 14.2 Å². The quantitative estimate of drug-likeness (QED) is 0.709. The molecule has 0 bridgehead atoms.